The number of hydrogen-bond donors (Lipinski definition) is 0. The van der Waals surface area contributed by atoms with Gasteiger partial charge in [0.1, 0.15) is 5.58 Å². The monoisotopic (exact) mass is 182 g/mol. The fourth-order valence-electron chi connectivity index (χ4n) is 1.98. The molecule has 1 heterocycles. The van der Waals surface area contributed by atoms with Crippen LogP contribution in [0.4, 0.5) is 0 Å². The van der Waals surface area contributed by atoms with E-state index in [2.05, 4.69) is 25.1 Å². The van der Waals surface area contributed by atoms with E-state index in [4.69, 9.17) is 4.42 Å². The molecule has 0 unspecified atom stereocenters. The fraction of sp³-hybridized carbons (Fsp3) is 0.0769. The molecule has 0 aromatic heterocycles. The normalized spacial score (nSPS) is 11.2. The molecule has 1 aromatic carbocycles. The molecule has 0 radical (unpaired) electrons. The molecule has 0 spiro atoms. The number of rotatable bonds is 0. The Kier molecular flexibility index (Phi) is 1.42. The van der Waals surface area contributed by atoms with Gasteiger partial charge in [-0.2, -0.15) is 0 Å². The van der Waals surface area contributed by atoms with Crippen LogP contribution >= 0.6 is 0 Å². The third-order valence-corrected chi connectivity index (χ3v) is 2.67. The lowest BCUT2D eigenvalue weighted by Gasteiger charge is -2.05. The van der Waals surface area contributed by atoms with Gasteiger partial charge in [0.2, 0.25) is 0 Å². The smallest absolute Gasteiger partial charge is 0.134 e. The summed E-state index contributed by atoms with van der Waals surface area (Å²) in [5, 5.41) is 1.20. The molecule has 1 aliphatic carbocycles. The van der Waals surface area contributed by atoms with Crippen molar-refractivity contribution in [2.75, 3.05) is 0 Å². The van der Waals surface area contributed by atoms with E-state index >= 15 is 0 Å². The highest BCUT2D eigenvalue weighted by Gasteiger charge is 2.11. The molecular weight excluding hydrogens is 172 g/mol. The Morgan fingerprint density at radius 1 is 1.00 bits per heavy atom. The van der Waals surface area contributed by atoms with Crippen LogP contribution in [0.5, 0.6) is 0 Å². The van der Waals surface area contributed by atoms with Crippen LogP contribution in [0.1, 0.15) is 5.56 Å². The van der Waals surface area contributed by atoms with E-state index in [0.717, 1.165) is 5.58 Å². The minimum atomic E-state index is 0.953. The van der Waals surface area contributed by atoms with Crippen LogP contribution in [0.15, 0.2) is 47.1 Å². The molecule has 0 fully saturated rings. The van der Waals surface area contributed by atoms with Crippen LogP contribution in [0.25, 0.3) is 22.1 Å². The predicted molar refractivity (Wildman–Crippen MR) is 57.6 cm³/mol. The van der Waals surface area contributed by atoms with Gasteiger partial charge in [0.15, 0.2) is 0 Å². The summed E-state index contributed by atoms with van der Waals surface area (Å²) in [6, 6.07) is 12.4. The van der Waals surface area contributed by atoms with Gasteiger partial charge in [0.05, 0.1) is 6.26 Å². The van der Waals surface area contributed by atoms with Gasteiger partial charge in [-0.05, 0) is 24.1 Å². The molecule has 1 aromatic rings. The summed E-state index contributed by atoms with van der Waals surface area (Å²) in [7, 11) is 0. The van der Waals surface area contributed by atoms with Gasteiger partial charge >= 0.3 is 0 Å². The van der Waals surface area contributed by atoms with E-state index in [1.54, 1.807) is 0 Å². The van der Waals surface area contributed by atoms with Crippen molar-refractivity contribution in [1.29, 1.82) is 0 Å². The Morgan fingerprint density at radius 3 is 2.79 bits per heavy atom. The molecule has 0 amide bonds. The number of para-hydroxylation sites is 1. The molecule has 14 heavy (non-hydrogen) atoms. The lowest BCUT2D eigenvalue weighted by atomic mass is 10.0. The lowest BCUT2D eigenvalue weighted by molar-refractivity contribution is 0.606. The predicted octanol–water partition coefficient (Wildman–Crippen LogP) is 3.85. The summed E-state index contributed by atoms with van der Waals surface area (Å²) in [6.45, 7) is 2.13. The number of aryl methyl sites for hydroxylation is 1. The lowest BCUT2D eigenvalue weighted by Crippen LogP contribution is -1.80. The second-order valence-electron chi connectivity index (χ2n) is 3.58. The molecule has 2 aliphatic rings. The molecule has 1 nitrogen and oxygen atoms in total. The second-order valence-corrected chi connectivity index (χ2v) is 3.58. The summed E-state index contributed by atoms with van der Waals surface area (Å²) in [5.41, 5.74) is 4.76. The van der Waals surface area contributed by atoms with Gasteiger partial charge in [-0.25, -0.2) is 0 Å². The van der Waals surface area contributed by atoms with E-state index in [1.165, 1.54) is 22.1 Å². The molecule has 0 atom stereocenters. The maximum Gasteiger partial charge on any atom is 0.134 e. The first-order valence-electron chi connectivity index (χ1n) is 4.72. The van der Waals surface area contributed by atoms with Gasteiger partial charge in [-0.3, -0.25) is 0 Å². The summed E-state index contributed by atoms with van der Waals surface area (Å²) < 4.78 is 5.54. The Bertz CT molecular complexity index is 563. The average Bonchev–Trinajstić information content (AvgIpc) is 2.61. The average molecular weight is 182 g/mol. The number of hydrogen-bond acceptors (Lipinski definition) is 1. The minimum absolute atomic E-state index is 0.953. The second kappa shape index (κ2) is 2.61. The highest BCUT2D eigenvalue weighted by molar-refractivity contribution is 5.96. The highest BCUT2D eigenvalue weighted by Crippen LogP contribution is 2.34. The fourth-order valence-corrected chi connectivity index (χ4v) is 1.98. The summed E-state index contributed by atoms with van der Waals surface area (Å²) in [4.78, 5) is 0. The molecule has 0 N–H and O–H groups in total. The quantitative estimate of drug-likeness (QED) is 0.514. The van der Waals surface area contributed by atoms with Crippen molar-refractivity contribution in [1.82, 2.24) is 0 Å². The Hall–Kier alpha value is -1.76. The van der Waals surface area contributed by atoms with Crippen molar-refractivity contribution in [3.05, 3.63) is 48.2 Å². The summed E-state index contributed by atoms with van der Waals surface area (Å²) in [5.74, 6) is 0. The van der Waals surface area contributed by atoms with Crippen molar-refractivity contribution in [2.24, 2.45) is 0 Å². The molecule has 0 saturated heterocycles. The van der Waals surface area contributed by atoms with E-state index < -0.39 is 0 Å². The molecule has 0 saturated carbocycles. The highest BCUT2D eigenvalue weighted by atomic mass is 16.3. The molecule has 3 rings (SSSR count). The Balaban J connectivity index is 2.58. The van der Waals surface area contributed by atoms with Crippen LogP contribution < -0.4 is 0 Å². The third kappa shape index (κ3) is 0.896. The maximum atomic E-state index is 5.54. The molecular formula is C13H10O. The minimum Gasteiger partial charge on any atom is -0.464 e. The summed E-state index contributed by atoms with van der Waals surface area (Å²) >= 11 is 0. The van der Waals surface area contributed by atoms with Crippen molar-refractivity contribution in [3.63, 3.8) is 0 Å². The third-order valence-electron chi connectivity index (χ3n) is 2.67. The van der Waals surface area contributed by atoms with Crippen LogP contribution in [-0.2, 0) is 0 Å². The van der Waals surface area contributed by atoms with Gasteiger partial charge in [0, 0.05) is 10.9 Å². The SMILES string of the molecule is Cc1ccc2coc3ccccc3c1-2. The van der Waals surface area contributed by atoms with Crippen LogP contribution in [-0.4, -0.2) is 0 Å². The standard InChI is InChI=1S/C13H10O/c1-9-6-7-10-8-14-12-5-3-2-4-11(12)13(9)10/h2-8H,1H3. The number of benzene rings is 1. The van der Waals surface area contributed by atoms with Crippen molar-refractivity contribution in [3.8, 4) is 11.1 Å². The zero-order valence-electron chi connectivity index (χ0n) is 7.95. The van der Waals surface area contributed by atoms with Crippen molar-refractivity contribution >= 4 is 11.0 Å². The van der Waals surface area contributed by atoms with Gasteiger partial charge in [-0.1, -0.05) is 30.3 Å². The Labute approximate surface area is 82.3 Å². The first-order valence-corrected chi connectivity index (χ1v) is 4.72. The molecule has 1 aliphatic heterocycles. The zero-order chi connectivity index (χ0) is 9.54. The van der Waals surface area contributed by atoms with E-state index in [1.807, 2.05) is 24.5 Å². The topological polar surface area (TPSA) is 13.1 Å². The first kappa shape index (κ1) is 7.63. The largest absolute Gasteiger partial charge is 0.464 e. The van der Waals surface area contributed by atoms with Crippen LogP contribution in [0, 0.1) is 6.92 Å². The van der Waals surface area contributed by atoms with Crippen molar-refractivity contribution < 1.29 is 4.42 Å². The van der Waals surface area contributed by atoms with E-state index in [9.17, 15) is 0 Å². The van der Waals surface area contributed by atoms with Crippen molar-refractivity contribution in [2.45, 2.75) is 6.92 Å². The summed E-state index contributed by atoms with van der Waals surface area (Å²) in [6.07, 6.45) is 1.82. The van der Waals surface area contributed by atoms with Gasteiger partial charge < -0.3 is 4.42 Å². The van der Waals surface area contributed by atoms with Crippen LogP contribution in [0.2, 0.25) is 0 Å². The molecule has 68 valence electrons. The number of fused-ring (bicyclic) bond motifs is 3. The first-order chi connectivity index (χ1) is 6.86. The molecule has 1 heteroatoms. The van der Waals surface area contributed by atoms with Gasteiger partial charge in [-0.15, -0.1) is 0 Å². The van der Waals surface area contributed by atoms with Gasteiger partial charge in [0.25, 0.3) is 0 Å². The zero-order valence-corrected chi connectivity index (χ0v) is 7.95. The van der Waals surface area contributed by atoms with Crippen LogP contribution in [0.3, 0.4) is 0 Å². The van der Waals surface area contributed by atoms with E-state index in [0.29, 0.717) is 0 Å². The van der Waals surface area contributed by atoms with E-state index in [-0.39, 0.29) is 0 Å². The molecule has 0 bridgehead atoms. The maximum absolute atomic E-state index is 5.54. The Morgan fingerprint density at radius 2 is 1.86 bits per heavy atom.